The monoisotopic (exact) mass is 336 g/mol. The maximum Gasteiger partial charge on any atom is 0.119 e. The Kier molecular flexibility index (Phi) is 4.55. The van der Waals surface area contributed by atoms with Crippen LogP contribution in [0, 0.1) is 5.41 Å². The predicted molar refractivity (Wildman–Crippen MR) is 95.0 cm³/mol. The third-order valence-corrected chi connectivity index (χ3v) is 6.76. The lowest BCUT2D eigenvalue weighted by Gasteiger charge is -2.40. The molecule has 0 bridgehead atoms. The molecule has 128 valence electrons. The molecule has 3 rings (SSSR count). The third-order valence-electron chi connectivity index (χ3n) is 5.20. The summed E-state index contributed by atoms with van der Waals surface area (Å²) < 4.78 is 21.4. The van der Waals surface area contributed by atoms with E-state index >= 15 is 0 Å². The van der Waals surface area contributed by atoms with Crippen molar-refractivity contribution in [1.82, 2.24) is 10.0 Å². The molecule has 1 fully saturated rings. The summed E-state index contributed by atoms with van der Waals surface area (Å²) >= 11 is 0. The Morgan fingerprint density at radius 3 is 2.61 bits per heavy atom. The molecule has 1 aliphatic heterocycles. The summed E-state index contributed by atoms with van der Waals surface area (Å²) in [6, 6.07) is 6.48. The molecule has 5 heteroatoms. The van der Waals surface area contributed by atoms with Gasteiger partial charge in [0, 0.05) is 0 Å². The van der Waals surface area contributed by atoms with Crippen molar-refractivity contribution in [2.45, 2.75) is 50.8 Å². The zero-order valence-electron chi connectivity index (χ0n) is 14.6. The minimum Gasteiger partial charge on any atom is -0.497 e. The highest BCUT2D eigenvalue weighted by molar-refractivity contribution is 7.84. The van der Waals surface area contributed by atoms with E-state index < -0.39 is 11.0 Å². The van der Waals surface area contributed by atoms with E-state index in [1.807, 2.05) is 26.8 Å². The SMILES string of the molecule is COc1ccc2c(c1)C(N[S@](=O)C(C)(C)C)C1(CCNCC1)C2. The van der Waals surface area contributed by atoms with E-state index in [1.165, 1.54) is 11.1 Å². The molecular formula is C18H28N2O2S. The van der Waals surface area contributed by atoms with Gasteiger partial charge in [-0.2, -0.15) is 0 Å². The number of nitrogens with one attached hydrogen (secondary N) is 2. The van der Waals surface area contributed by atoms with Crippen molar-refractivity contribution in [2.24, 2.45) is 5.41 Å². The summed E-state index contributed by atoms with van der Waals surface area (Å²) in [5.74, 6) is 0.878. The Bertz CT molecular complexity index is 604. The van der Waals surface area contributed by atoms with Crippen LogP contribution in [0.2, 0.25) is 0 Å². The maximum atomic E-state index is 12.8. The van der Waals surface area contributed by atoms with Gasteiger partial charge in [-0.1, -0.05) is 6.07 Å². The number of rotatable bonds is 3. The lowest BCUT2D eigenvalue weighted by atomic mass is 9.73. The second-order valence-electron chi connectivity index (χ2n) is 7.79. The molecule has 23 heavy (non-hydrogen) atoms. The summed E-state index contributed by atoms with van der Waals surface area (Å²) in [5, 5.41) is 3.46. The molecule has 4 nitrogen and oxygen atoms in total. The highest BCUT2D eigenvalue weighted by Crippen LogP contribution is 2.52. The van der Waals surface area contributed by atoms with Gasteiger partial charge in [0.05, 0.1) is 28.9 Å². The molecule has 1 aromatic rings. The summed E-state index contributed by atoms with van der Waals surface area (Å²) in [6.45, 7) is 8.13. The highest BCUT2D eigenvalue weighted by atomic mass is 32.2. The number of hydrogen-bond donors (Lipinski definition) is 2. The Hall–Kier alpha value is -0.910. The Balaban J connectivity index is 1.98. The number of piperidine rings is 1. The number of fused-ring (bicyclic) bond motifs is 1. The zero-order chi connectivity index (χ0) is 16.7. The lowest BCUT2D eigenvalue weighted by molar-refractivity contribution is 0.164. The molecule has 1 heterocycles. The maximum absolute atomic E-state index is 12.8. The van der Waals surface area contributed by atoms with E-state index in [0.29, 0.717) is 0 Å². The van der Waals surface area contributed by atoms with E-state index in [4.69, 9.17) is 4.74 Å². The third kappa shape index (κ3) is 3.19. The predicted octanol–water partition coefficient (Wildman–Crippen LogP) is 2.71. The Morgan fingerprint density at radius 1 is 1.30 bits per heavy atom. The molecule has 0 aromatic heterocycles. The topological polar surface area (TPSA) is 50.4 Å². The fourth-order valence-electron chi connectivity index (χ4n) is 3.80. The zero-order valence-corrected chi connectivity index (χ0v) is 15.4. The minimum absolute atomic E-state index is 0.134. The molecule has 2 N–H and O–H groups in total. The van der Waals surface area contributed by atoms with E-state index in [9.17, 15) is 4.21 Å². The van der Waals surface area contributed by atoms with E-state index in [0.717, 1.165) is 38.1 Å². The van der Waals surface area contributed by atoms with Gasteiger partial charge in [-0.05, 0) is 81.8 Å². The largest absolute Gasteiger partial charge is 0.497 e. The average Bonchev–Trinajstić information content (AvgIpc) is 2.79. The quantitative estimate of drug-likeness (QED) is 0.892. The first kappa shape index (κ1) is 16.9. The van der Waals surface area contributed by atoms with Crippen LogP contribution in [0.5, 0.6) is 5.75 Å². The summed E-state index contributed by atoms with van der Waals surface area (Å²) in [6.07, 6.45) is 3.29. The van der Waals surface area contributed by atoms with E-state index in [-0.39, 0.29) is 16.2 Å². The number of benzene rings is 1. The minimum atomic E-state index is -1.08. The molecule has 2 atom stereocenters. The van der Waals surface area contributed by atoms with Crippen molar-refractivity contribution in [3.8, 4) is 5.75 Å². The van der Waals surface area contributed by atoms with Crippen molar-refractivity contribution in [3.63, 3.8) is 0 Å². The molecule has 0 amide bonds. The van der Waals surface area contributed by atoms with Crippen molar-refractivity contribution in [1.29, 1.82) is 0 Å². The van der Waals surface area contributed by atoms with Gasteiger partial charge in [-0.15, -0.1) is 0 Å². The van der Waals surface area contributed by atoms with Gasteiger partial charge in [0.1, 0.15) is 5.75 Å². The number of hydrogen-bond acceptors (Lipinski definition) is 3. The van der Waals surface area contributed by atoms with Crippen molar-refractivity contribution in [3.05, 3.63) is 29.3 Å². The number of methoxy groups -OCH3 is 1. The van der Waals surface area contributed by atoms with Crippen LogP contribution < -0.4 is 14.8 Å². The van der Waals surface area contributed by atoms with Gasteiger partial charge in [-0.3, -0.25) is 0 Å². The van der Waals surface area contributed by atoms with Crippen LogP contribution in [0.1, 0.15) is 50.8 Å². The first-order valence-corrected chi connectivity index (χ1v) is 9.56. The van der Waals surface area contributed by atoms with Gasteiger partial charge in [0.2, 0.25) is 0 Å². The molecule has 1 spiro atoms. The van der Waals surface area contributed by atoms with E-state index in [2.05, 4.69) is 22.2 Å². The Morgan fingerprint density at radius 2 is 2.00 bits per heavy atom. The van der Waals surface area contributed by atoms with Crippen LogP contribution in [0.25, 0.3) is 0 Å². The summed E-state index contributed by atoms with van der Waals surface area (Å²) in [7, 11) is 0.619. The molecule has 1 saturated heterocycles. The fourth-order valence-corrected chi connectivity index (χ4v) is 4.75. The van der Waals surface area contributed by atoms with Gasteiger partial charge in [0.15, 0.2) is 0 Å². The van der Waals surface area contributed by atoms with Crippen molar-refractivity contribution in [2.75, 3.05) is 20.2 Å². The smallest absolute Gasteiger partial charge is 0.119 e. The molecule has 0 saturated carbocycles. The van der Waals surface area contributed by atoms with Crippen LogP contribution in [-0.2, 0) is 17.4 Å². The molecular weight excluding hydrogens is 308 g/mol. The first-order chi connectivity index (χ1) is 10.9. The van der Waals surface area contributed by atoms with Crippen LogP contribution in [0.3, 0.4) is 0 Å². The second-order valence-corrected chi connectivity index (χ2v) is 9.78. The van der Waals surface area contributed by atoms with Gasteiger partial charge < -0.3 is 10.1 Å². The van der Waals surface area contributed by atoms with E-state index in [1.54, 1.807) is 7.11 Å². The molecule has 0 radical (unpaired) electrons. The summed E-state index contributed by atoms with van der Waals surface area (Å²) in [5.41, 5.74) is 2.81. The highest BCUT2D eigenvalue weighted by Gasteiger charge is 2.47. The van der Waals surface area contributed by atoms with Crippen molar-refractivity contribution >= 4 is 11.0 Å². The first-order valence-electron chi connectivity index (χ1n) is 8.41. The molecule has 2 aliphatic rings. The standard InChI is InChI=1S/C18H28N2O2S/c1-17(2,3)23(21)20-16-15-11-14(22-4)6-5-13(15)12-18(16)7-9-19-10-8-18/h5-6,11,16,19-20H,7-10,12H2,1-4H3/t16?,23-/m1/s1. The van der Waals surface area contributed by atoms with Crippen molar-refractivity contribution < 1.29 is 8.95 Å². The van der Waals surface area contributed by atoms with Crippen LogP contribution in [-0.4, -0.2) is 29.2 Å². The van der Waals surface area contributed by atoms with Gasteiger partial charge in [0.25, 0.3) is 0 Å². The van der Waals surface area contributed by atoms with Crippen LogP contribution in [0.15, 0.2) is 18.2 Å². The van der Waals surface area contributed by atoms with Crippen LogP contribution in [0.4, 0.5) is 0 Å². The normalized spacial score (nSPS) is 24.4. The molecule has 1 aromatic carbocycles. The molecule has 1 unspecified atom stereocenters. The lowest BCUT2D eigenvalue weighted by Crippen LogP contribution is -2.46. The number of ether oxygens (including phenoxy) is 1. The average molecular weight is 337 g/mol. The Labute approximate surface area is 142 Å². The van der Waals surface area contributed by atoms with Crippen LogP contribution >= 0.6 is 0 Å². The van der Waals surface area contributed by atoms with Gasteiger partial charge >= 0.3 is 0 Å². The fraction of sp³-hybridized carbons (Fsp3) is 0.667. The molecule has 1 aliphatic carbocycles. The second kappa shape index (κ2) is 6.19. The van der Waals surface area contributed by atoms with Gasteiger partial charge in [-0.25, -0.2) is 8.93 Å². The summed E-state index contributed by atoms with van der Waals surface area (Å²) in [4.78, 5) is 0.